The van der Waals surface area contributed by atoms with Crippen molar-refractivity contribution in [3.8, 4) is 0 Å². The van der Waals surface area contributed by atoms with Crippen molar-refractivity contribution < 1.29 is 14.9 Å². The van der Waals surface area contributed by atoms with E-state index in [0.29, 0.717) is 16.6 Å². The summed E-state index contributed by atoms with van der Waals surface area (Å²) < 4.78 is 7.98. The standard InChI is InChI=1S/C13H20N5O3/c1-18(2,3)13-11-12(14-6-15-13)17(7-16-11)10-4-8(20)9(5-19)21-10/h6-10,19-20H,4-5H2,1-3H3/q+1/t8-,9+,10+/m1/s1. The van der Waals surface area contributed by atoms with E-state index in [9.17, 15) is 10.2 Å². The molecule has 0 aromatic carbocycles. The summed E-state index contributed by atoms with van der Waals surface area (Å²) in [5.41, 5.74) is 1.39. The summed E-state index contributed by atoms with van der Waals surface area (Å²) in [5.74, 6) is 0.816. The van der Waals surface area contributed by atoms with Crippen molar-refractivity contribution in [2.24, 2.45) is 0 Å². The van der Waals surface area contributed by atoms with Crippen molar-refractivity contribution in [1.82, 2.24) is 24.0 Å². The Balaban J connectivity index is 2.02. The van der Waals surface area contributed by atoms with Gasteiger partial charge in [0.25, 0.3) is 5.82 Å². The Morgan fingerprint density at radius 3 is 2.71 bits per heavy atom. The summed E-state index contributed by atoms with van der Waals surface area (Å²) >= 11 is 0. The maximum Gasteiger partial charge on any atom is 0.258 e. The van der Waals surface area contributed by atoms with Crippen LogP contribution in [0.4, 0.5) is 5.82 Å². The highest BCUT2D eigenvalue weighted by atomic mass is 16.5. The summed E-state index contributed by atoms with van der Waals surface area (Å²) in [6.07, 6.45) is 1.94. The number of quaternary nitrogens is 1. The van der Waals surface area contributed by atoms with Gasteiger partial charge in [-0.2, -0.15) is 4.98 Å². The molecule has 0 bridgehead atoms. The summed E-state index contributed by atoms with van der Waals surface area (Å²) in [5, 5.41) is 19.0. The monoisotopic (exact) mass is 294 g/mol. The number of imidazole rings is 1. The van der Waals surface area contributed by atoms with E-state index in [1.807, 2.05) is 21.1 Å². The van der Waals surface area contributed by atoms with Crippen LogP contribution in [0.1, 0.15) is 12.6 Å². The summed E-state index contributed by atoms with van der Waals surface area (Å²) in [7, 11) is 6.04. The third-order valence-corrected chi connectivity index (χ3v) is 3.67. The van der Waals surface area contributed by atoms with E-state index in [1.165, 1.54) is 6.33 Å². The first-order valence-corrected chi connectivity index (χ1v) is 6.85. The van der Waals surface area contributed by atoms with E-state index >= 15 is 0 Å². The third-order valence-electron chi connectivity index (χ3n) is 3.67. The Bertz CT molecular complexity index is 651. The highest BCUT2D eigenvalue weighted by Crippen LogP contribution is 2.32. The zero-order chi connectivity index (χ0) is 15.2. The Labute approximate surface area is 122 Å². The molecule has 1 aliphatic rings. The van der Waals surface area contributed by atoms with Crippen LogP contribution in [0.5, 0.6) is 0 Å². The number of hydrogen-bond acceptors (Lipinski definition) is 6. The van der Waals surface area contributed by atoms with Crippen LogP contribution in [0.2, 0.25) is 0 Å². The molecule has 2 N–H and O–H groups in total. The first-order valence-electron chi connectivity index (χ1n) is 6.85. The number of aliphatic hydroxyl groups is 2. The molecule has 8 heteroatoms. The van der Waals surface area contributed by atoms with Crippen LogP contribution in [0.15, 0.2) is 12.7 Å². The van der Waals surface area contributed by atoms with E-state index in [1.54, 1.807) is 10.9 Å². The SMILES string of the molecule is C[N+](C)(C)c1ncnc2c1ncn2[C@@H]1C[C@@H](O)[C@H](CO)O1. The van der Waals surface area contributed by atoms with E-state index in [2.05, 4.69) is 15.0 Å². The Morgan fingerprint density at radius 2 is 2.10 bits per heavy atom. The van der Waals surface area contributed by atoms with Gasteiger partial charge in [0.2, 0.25) is 0 Å². The minimum atomic E-state index is -0.683. The van der Waals surface area contributed by atoms with Crippen LogP contribution in [0.3, 0.4) is 0 Å². The van der Waals surface area contributed by atoms with Crippen molar-refractivity contribution in [3.63, 3.8) is 0 Å². The number of hydrogen-bond donors (Lipinski definition) is 2. The highest BCUT2D eigenvalue weighted by molar-refractivity contribution is 5.81. The van der Waals surface area contributed by atoms with Gasteiger partial charge >= 0.3 is 0 Å². The molecule has 0 amide bonds. The van der Waals surface area contributed by atoms with Gasteiger partial charge in [-0.25, -0.2) is 9.97 Å². The Morgan fingerprint density at radius 1 is 1.33 bits per heavy atom. The Kier molecular flexibility index (Phi) is 3.40. The topological polar surface area (TPSA) is 93.3 Å². The molecule has 3 rings (SSSR count). The molecule has 0 saturated carbocycles. The van der Waals surface area contributed by atoms with E-state index < -0.39 is 12.2 Å². The van der Waals surface area contributed by atoms with Crippen LogP contribution >= 0.6 is 0 Å². The lowest BCUT2D eigenvalue weighted by Gasteiger charge is -2.21. The predicted octanol–water partition coefficient (Wildman–Crippen LogP) is -0.336. The quantitative estimate of drug-likeness (QED) is 0.753. The fourth-order valence-electron chi connectivity index (χ4n) is 2.59. The van der Waals surface area contributed by atoms with Gasteiger partial charge in [0.05, 0.1) is 40.2 Å². The first-order chi connectivity index (χ1) is 9.91. The summed E-state index contributed by atoms with van der Waals surface area (Å²) in [4.78, 5) is 13.0. The number of ether oxygens (including phenoxy) is 1. The molecule has 8 nitrogen and oxygen atoms in total. The number of aliphatic hydroxyl groups excluding tert-OH is 2. The number of rotatable bonds is 3. The second kappa shape index (κ2) is 4.99. The molecule has 0 aliphatic carbocycles. The predicted molar refractivity (Wildman–Crippen MR) is 76.5 cm³/mol. The average Bonchev–Trinajstić information content (AvgIpc) is 3.00. The van der Waals surface area contributed by atoms with Gasteiger partial charge in [-0.05, 0) is 0 Å². The van der Waals surface area contributed by atoms with Crippen LogP contribution in [0, 0.1) is 0 Å². The molecule has 0 unspecified atom stereocenters. The van der Waals surface area contributed by atoms with Gasteiger partial charge in [0.1, 0.15) is 18.7 Å². The zero-order valence-corrected chi connectivity index (χ0v) is 12.3. The molecular formula is C13H20N5O3+. The second-order valence-electron chi connectivity index (χ2n) is 6.15. The molecule has 1 saturated heterocycles. The molecule has 2 aromatic heterocycles. The molecule has 0 spiro atoms. The average molecular weight is 294 g/mol. The Hall–Kier alpha value is -1.61. The maximum absolute atomic E-state index is 9.86. The van der Waals surface area contributed by atoms with Gasteiger partial charge in [-0.3, -0.25) is 9.05 Å². The van der Waals surface area contributed by atoms with Crippen molar-refractivity contribution in [3.05, 3.63) is 12.7 Å². The lowest BCUT2D eigenvalue weighted by atomic mass is 10.2. The largest absolute Gasteiger partial charge is 0.394 e. The van der Waals surface area contributed by atoms with Gasteiger partial charge in [0, 0.05) is 6.42 Å². The molecule has 114 valence electrons. The minimum absolute atomic E-state index is 0.205. The number of fused-ring (bicyclic) bond motifs is 1. The van der Waals surface area contributed by atoms with Crippen molar-refractivity contribution >= 4 is 17.0 Å². The van der Waals surface area contributed by atoms with Gasteiger partial charge < -0.3 is 14.9 Å². The van der Waals surface area contributed by atoms with Gasteiger partial charge in [0.15, 0.2) is 11.2 Å². The van der Waals surface area contributed by atoms with Gasteiger partial charge in [-0.15, -0.1) is 0 Å². The fraction of sp³-hybridized carbons (Fsp3) is 0.615. The molecule has 21 heavy (non-hydrogen) atoms. The molecule has 3 heterocycles. The molecular weight excluding hydrogens is 274 g/mol. The van der Waals surface area contributed by atoms with Crippen LogP contribution in [-0.4, -0.2) is 69.7 Å². The molecule has 3 atom stereocenters. The van der Waals surface area contributed by atoms with Crippen LogP contribution in [0.25, 0.3) is 11.2 Å². The molecule has 2 aromatic rings. The molecule has 1 aliphatic heterocycles. The first kappa shape index (κ1) is 14.3. The molecule has 0 radical (unpaired) electrons. The second-order valence-corrected chi connectivity index (χ2v) is 6.15. The van der Waals surface area contributed by atoms with Crippen LogP contribution < -0.4 is 4.48 Å². The highest BCUT2D eigenvalue weighted by Gasteiger charge is 2.36. The lowest BCUT2D eigenvalue weighted by molar-refractivity contribution is -0.0432. The summed E-state index contributed by atoms with van der Waals surface area (Å²) in [6.45, 7) is -0.205. The smallest absolute Gasteiger partial charge is 0.258 e. The fourth-order valence-corrected chi connectivity index (χ4v) is 2.59. The maximum atomic E-state index is 9.86. The number of nitrogens with zero attached hydrogens (tertiary/aromatic N) is 5. The van der Waals surface area contributed by atoms with Gasteiger partial charge in [-0.1, -0.05) is 0 Å². The minimum Gasteiger partial charge on any atom is -0.394 e. The lowest BCUT2D eigenvalue weighted by Crippen LogP contribution is -2.36. The van der Waals surface area contributed by atoms with E-state index in [-0.39, 0.29) is 12.8 Å². The number of aromatic nitrogens is 4. The van der Waals surface area contributed by atoms with E-state index in [0.717, 1.165) is 11.3 Å². The van der Waals surface area contributed by atoms with E-state index in [4.69, 9.17) is 4.74 Å². The van der Waals surface area contributed by atoms with Crippen molar-refractivity contribution in [2.75, 3.05) is 27.7 Å². The summed E-state index contributed by atoms with van der Waals surface area (Å²) in [6, 6.07) is 0. The zero-order valence-electron chi connectivity index (χ0n) is 12.3. The molecule has 1 fully saturated rings. The van der Waals surface area contributed by atoms with Crippen LogP contribution in [-0.2, 0) is 4.74 Å². The normalized spacial score (nSPS) is 26.6. The van der Waals surface area contributed by atoms with Crippen molar-refractivity contribution in [1.29, 1.82) is 0 Å². The van der Waals surface area contributed by atoms with Crippen molar-refractivity contribution in [2.45, 2.75) is 24.9 Å². The third kappa shape index (κ3) is 2.40.